The van der Waals surface area contributed by atoms with Gasteiger partial charge in [-0.2, -0.15) is 11.8 Å². The summed E-state index contributed by atoms with van der Waals surface area (Å²) in [4.78, 5) is 10.7. The molecule has 1 unspecified atom stereocenters. The predicted molar refractivity (Wildman–Crippen MR) is 45.6 cm³/mol. The van der Waals surface area contributed by atoms with Crippen LogP contribution >= 0.6 is 11.8 Å². The van der Waals surface area contributed by atoms with E-state index in [1.807, 2.05) is 6.92 Å². The van der Waals surface area contributed by atoms with E-state index in [9.17, 15) is 4.79 Å². The van der Waals surface area contributed by atoms with Crippen LogP contribution in [-0.2, 0) is 9.53 Å². The minimum absolute atomic E-state index is 0.163. The van der Waals surface area contributed by atoms with Crippen LogP contribution < -0.4 is 0 Å². The second-order valence-corrected chi connectivity index (χ2v) is 3.73. The molecule has 0 bridgehead atoms. The summed E-state index contributed by atoms with van der Waals surface area (Å²) >= 11 is 1.57. The molecular formula is C7H14O3S. The maximum atomic E-state index is 10.7. The molecule has 0 fully saturated rings. The molecule has 0 aromatic carbocycles. The van der Waals surface area contributed by atoms with Gasteiger partial charge in [0.15, 0.2) is 0 Å². The van der Waals surface area contributed by atoms with E-state index in [0.29, 0.717) is 12.2 Å². The molecule has 0 saturated heterocycles. The average Bonchev–Trinajstić information content (AvgIpc) is 2.00. The zero-order chi connectivity index (χ0) is 8.69. The molecule has 0 heterocycles. The molecule has 0 amide bonds. The van der Waals surface area contributed by atoms with Crippen LogP contribution in [0.1, 0.15) is 13.3 Å². The molecule has 0 rings (SSSR count). The summed E-state index contributed by atoms with van der Waals surface area (Å²) in [5.41, 5.74) is 0. The van der Waals surface area contributed by atoms with E-state index in [1.54, 1.807) is 11.8 Å². The maximum Gasteiger partial charge on any atom is 0.306 e. The zero-order valence-corrected chi connectivity index (χ0v) is 7.69. The Hall–Kier alpha value is -0.220. The van der Waals surface area contributed by atoms with Gasteiger partial charge < -0.3 is 9.84 Å². The first kappa shape index (κ1) is 10.8. The Bertz CT molecular complexity index is 116. The number of aliphatic hydroxyl groups is 1. The van der Waals surface area contributed by atoms with E-state index in [-0.39, 0.29) is 17.8 Å². The molecule has 0 aliphatic carbocycles. The first-order valence-corrected chi connectivity index (χ1v) is 4.55. The fourth-order valence-corrected chi connectivity index (χ4v) is 1.39. The Labute approximate surface area is 71.1 Å². The fraction of sp³-hybridized carbons (Fsp3) is 0.857. The number of thioether (sulfide) groups is 1. The number of methoxy groups -OCH3 is 1. The third kappa shape index (κ3) is 6.19. The average molecular weight is 178 g/mol. The molecule has 0 aromatic rings. The van der Waals surface area contributed by atoms with Gasteiger partial charge in [-0.3, -0.25) is 4.79 Å². The minimum Gasteiger partial charge on any atom is -0.469 e. The molecule has 3 nitrogen and oxygen atoms in total. The number of rotatable bonds is 5. The first-order chi connectivity index (χ1) is 5.20. The number of hydrogen-bond acceptors (Lipinski definition) is 4. The third-order valence-electron chi connectivity index (χ3n) is 1.18. The van der Waals surface area contributed by atoms with Crippen molar-refractivity contribution < 1.29 is 14.6 Å². The largest absolute Gasteiger partial charge is 0.469 e. The molecule has 0 spiro atoms. The molecule has 0 aromatic heterocycles. The summed E-state index contributed by atoms with van der Waals surface area (Å²) < 4.78 is 4.49. The number of ether oxygens (including phenoxy) is 1. The fourth-order valence-electron chi connectivity index (χ4n) is 0.631. The Balaban J connectivity index is 3.35. The molecule has 11 heavy (non-hydrogen) atoms. The zero-order valence-electron chi connectivity index (χ0n) is 6.87. The van der Waals surface area contributed by atoms with Crippen molar-refractivity contribution in [3.8, 4) is 0 Å². The van der Waals surface area contributed by atoms with Gasteiger partial charge in [-0.1, -0.05) is 6.92 Å². The van der Waals surface area contributed by atoms with Crippen molar-refractivity contribution in [2.75, 3.05) is 19.5 Å². The van der Waals surface area contributed by atoms with Crippen molar-refractivity contribution in [3.63, 3.8) is 0 Å². The highest BCUT2D eigenvalue weighted by molar-refractivity contribution is 7.99. The molecule has 1 atom stereocenters. The van der Waals surface area contributed by atoms with E-state index in [2.05, 4.69) is 4.74 Å². The van der Waals surface area contributed by atoms with Crippen molar-refractivity contribution in [1.82, 2.24) is 0 Å². The second kappa shape index (κ2) is 6.49. The van der Waals surface area contributed by atoms with E-state index in [4.69, 9.17) is 5.11 Å². The second-order valence-electron chi connectivity index (χ2n) is 2.19. The van der Waals surface area contributed by atoms with Crippen LogP contribution in [0.2, 0.25) is 0 Å². The molecule has 0 aliphatic heterocycles. The lowest BCUT2D eigenvalue weighted by atomic mass is 10.3. The van der Waals surface area contributed by atoms with Crippen LogP contribution in [0.4, 0.5) is 0 Å². The number of carbonyl (C=O) groups is 1. The number of esters is 1. The smallest absolute Gasteiger partial charge is 0.306 e. The highest BCUT2D eigenvalue weighted by Crippen LogP contribution is 2.13. The van der Waals surface area contributed by atoms with Crippen molar-refractivity contribution in [3.05, 3.63) is 0 Å². The molecule has 0 aliphatic rings. The monoisotopic (exact) mass is 178 g/mol. The highest BCUT2D eigenvalue weighted by Gasteiger charge is 2.08. The molecule has 0 radical (unpaired) electrons. The van der Waals surface area contributed by atoms with Crippen LogP contribution in [0.15, 0.2) is 0 Å². The lowest BCUT2D eigenvalue weighted by molar-refractivity contribution is -0.140. The van der Waals surface area contributed by atoms with Crippen molar-refractivity contribution >= 4 is 17.7 Å². The van der Waals surface area contributed by atoms with E-state index >= 15 is 0 Å². The molecule has 66 valence electrons. The minimum atomic E-state index is -0.192. The van der Waals surface area contributed by atoms with Crippen LogP contribution in [0.25, 0.3) is 0 Å². The van der Waals surface area contributed by atoms with Gasteiger partial charge in [0.25, 0.3) is 0 Å². The number of aliphatic hydroxyl groups excluding tert-OH is 1. The van der Waals surface area contributed by atoms with Gasteiger partial charge in [-0.05, 0) is 0 Å². The van der Waals surface area contributed by atoms with Gasteiger partial charge in [0, 0.05) is 11.0 Å². The summed E-state index contributed by atoms with van der Waals surface area (Å²) in [6, 6.07) is 0. The van der Waals surface area contributed by atoms with Gasteiger partial charge in [-0.25, -0.2) is 0 Å². The van der Waals surface area contributed by atoms with Gasteiger partial charge in [0.05, 0.1) is 20.1 Å². The summed E-state index contributed by atoms with van der Waals surface area (Å²) in [5.74, 6) is 0.487. The molecule has 1 N–H and O–H groups in total. The SMILES string of the molecule is COC(=O)CC(C)SCCO. The highest BCUT2D eigenvalue weighted by atomic mass is 32.2. The van der Waals surface area contributed by atoms with E-state index in [0.717, 1.165) is 0 Å². The Morgan fingerprint density at radius 2 is 2.36 bits per heavy atom. The first-order valence-electron chi connectivity index (χ1n) is 3.50. The normalized spacial score (nSPS) is 12.6. The Morgan fingerprint density at radius 1 is 1.73 bits per heavy atom. The van der Waals surface area contributed by atoms with Crippen molar-refractivity contribution in [1.29, 1.82) is 0 Å². The van der Waals surface area contributed by atoms with Crippen molar-refractivity contribution in [2.45, 2.75) is 18.6 Å². The van der Waals surface area contributed by atoms with Gasteiger partial charge in [0.1, 0.15) is 0 Å². The van der Waals surface area contributed by atoms with Gasteiger partial charge in [-0.15, -0.1) is 0 Å². The third-order valence-corrected chi connectivity index (χ3v) is 2.33. The summed E-state index contributed by atoms with van der Waals surface area (Å²) in [6.45, 7) is 2.10. The Kier molecular flexibility index (Phi) is 6.36. The van der Waals surface area contributed by atoms with Crippen LogP contribution in [0.5, 0.6) is 0 Å². The maximum absolute atomic E-state index is 10.7. The van der Waals surface area contributed by atoms with Crippen LogP contribution in [0, 0.1) is 0 Å². The van der Waals surface area contributed by atoms with E-state index < -0.39 is 0 Å². The van der Waals surface area contributed by atoms with Gasteiger partial charge in [0.2, 0.25) is 0 Å². The molecule has 4 heteroatoms. The number of hydrogen-bond donors (Lipinski definition) is 1. The lowest BCUT2D eigenvalue weighted by Gasteiger charge is -2.07. The quantitative estimate of drug-likeness (QED) is 0.628. The predicted octanol–water partition coefficient (Wildman–Crippen LogP) is 0.663. The molecule has 0 saturated carbocycles. The Morgan fingerprint density at radius 3 is 2.82 bits per heavy atom. The standard InChI is InChI=1S/C7H14O3S/c1-6(11-4-3-8)5-7(9)10-2/h6,8H,3-5H2,1-2H3. The lowest BCUT2D eigenvalue weighted by Crippen LogP contribution is -2.09. The number of carbonyl (C=O) groups excluding carboxylic acids is 1. The summed E-state index contributed by atoms with van der Waals surface area (Å²) in [7, 11) is 1.38. The summed E-state index contributed by atoms with van der Waals surface area (Å²) in [5, 5.41) is 8.70. The molecular weight excluding hydrogens is 164 g/mol. The van der Waals surface area contributed by atoms with Crippen LogP contribution in [0.3, 0.4) is 0 Å². The van der Waals surface area contributed by atoms with Crippen LogP contribution in [-0.4, -0.2) is 35.8 Å². The topological polar surface area (TPSA) is 46.5 Å². The van der Waals surface area contributed by atoms with Gasteiger partial charge >= 0.3 is 5.97 Å². The van der Waals surface area contributed by atoms with E-state index in [1.165, 1.54) is 7.11 Å². The summed E-state index contributed by atoms with van der Waals surface area (Å²) in [6.07, 6.45) is 0.418. The van der Waals surface area contributed by atoms with Crippen molar-refractivity contribution in [2.24, 2.45) is 0 Å².